The largest absolute Gasteiger partial charge is 0.480 e. The van der Waals surface area contributed by atoms with Crippen molar-refractivity contribution in [3.8, 4) is 0 Å². The molecular formula is C7H7N5O3. The highest BCUT2D eigenvalue weighted by molar-refractivity contribution is 5.74. The third-order valence-electron chi connectivity index (χ3n) is 1.88. The Bertz CT molecular complexity index is 590. The maximum Gasteiger partial charge on any atom is 0.330 e. The first-order valence-electron chi connectivity index (χ1n) is 4.09. The van der Waals surface area contributed by atoms with Crippen LogP contribution in [0.1, 0.15) is 0 Å². The van der Waals surface area contributed by atoms with Crippen LogP contribution in [-0.4, -0.2) is 33.6 Å². The number of nitrogens with one attached hydrogen (secondary N) is 1. The average Bonchev–Trinajstić information content (AvgIpc) is 2.16. The van der Waals surface area contributed by atoms with Crippen molar-refractivity contribution in [1.29, 1.82) is 0 Å². The quantitative estimate of drug-likeness (QED) is 0.454. The topological polar surface area (TPSA) is 134 Å². The molecule has 8 nitrogen and oxygen atoms in total. The van der Waals surface area contributed by atoms with Crippen molar-refractivity contribution in [3.05, 3.63) is 21.2 Å². The SMILES string of the molecule is Nc1nc2c(c(=O)[nH]1)=N[C@@H](C(=O)O)CN=2. The molecule has 0 saturated heterocycles. The van der Waals surface area contributed by atoms with Crippen LogP contribution < -0.4 is 22.1 Å². The van der Waals surface area contributed by atoms with Gasteiger partial charge in [0.1, 0.15) is 0 Å². The maximum atomic E-state index is 11.3. The van der Waals surface area contributed by atoms with Gasteiger partial charge < -0.3 is 10.8 Å². The van der Waals surface area contributed by atoms with Gasteiger partial charge in [0.15, 0.2) is 16.9 Å². The van der Waals surface area contributed by atoms with Crippen LogP contribution in [0.25, 0.3) is 0 Å². The number of carboxylic acid groups (broad SMARTS) is 1. The third-order valence-corrected chi connectivity index (χ3v) is 1.88. The Labute approximate surface area is 82.2 Å². The van der Waals surface area contributed by atoms with Gasteiger partial charge in [-0.1, -0.05) is 0 Å². The summed E-state index contributed by atoms with van der Waals surface area (Å²) in [6, 6.07) is -1.02. The van der Waals surface area contributed by atoms with Crippen LogP contribution in [0, 0.1) is 0 Å². The molecule has 0 saturated carbocycles. The highest BCUT2D eigenvalue weighted by atomic mass is 16.4. The molecule has 4 N–H and O–H groups in total. The van der Waals surface area contributed by atoms with Gasteiger partial charge in [0.05, 0.1) is 6.54 Å². The first kappa shape index (κ1) is 9.31. The second-order valence-electron chi connectivity index (χ2n) is 2.95. The molecule has 0 aliphatic carbocycles. The average molecular weight is 209 g/mol. The van der Waals surface area contributed by atoms with E-state index in [2.05, 4.69) is 20.0 Å². The molecule has 2 rings (SSSR count). The van der Waals surface area contributed by atoms with E-state index in [1.807, 2.05) is 0 Å². The second kappa shape index (κ2) is 3.15. The number of nitrogens with two attached hydrogens (primary N) is 1. The molecular weight excluding hydrogens is 202 g/mol. The van der Waals surface area contributed by atoms with Crippen LogP contribution >= 0.6 is 0 Å². The number of H-pyrrole nitrogens is 1. The van der Waals surface area contributed by atoms with E-state index in [0.29, 0.717) is 0 Å². The highest BCUT2D eigenvalue weighted by Gasteiger charge is 2.19. The Hall–Kier alpha value is -2.25. The monoisotopic (exact) mass is 209 g/mol. The summed E-state index contributed by atoms with van der Waals surface area (Å²) in [5.74, 6) is -1.19. The van der Waals surface area contributed by atoms with Gasteiger partial charge in [0, 0.05) is 0 Å². The number of nitrogens with zero attached hydrogens (tertiary/aromatic N) is 3. The molecule has 0 fully saturated rings. The minimum absolute atomic E-state index is 0.0295. The normalized spacial score (nSPS) is 18.5. The summed E-state index contributed by atoms with van der Waals surface area (Å²) in [6.45, 7) is -0.0295. The van der Waals surface area contributed by atoms with Gasteiger partial charge in [-0.2, -0.15) is 4.98 Å². The second-order valence-corrected chi connectivity index (χ2v) is 2.95. The van der Waals surface area contributed by atoms with E-state index in [0.717, 1.165) is 0 Å². The van der Waals surface area contributed by atoms with Crippen molar-refractivity contribution in [3.63, 3.8) is 0 Å². The summed E-state index contributed by atoms with van der Waals surface area (Å²) in [7, 11) is 0. The van der Waals surface area contributed by atoms with Crippen LogP contribution in [0.5, 0.6) is 0 Å². The number of aliphatic carboxylic acids is 1. The molecule has 78 valence electrons. The van der Waals surface area contributed by atoms with Crippen molar-refractivity contribution in [2.24, 2.45) is 9.98 Å². The zero-order chi connectivity index (χ0) is 11.0. The predicted molar refractivity (Wildman–Crippen MR) is 47.9 cm³/mol. The Kier molecular flexibility index (Phi) is 1.96. The van der Waals surface area contributed by atoms with Crippen LogP contribution in [0.2, 0.25) is 0 Å². The van der Waals surface area contributed by atoms with Crippen molar-refractivity contribution >= 4 is 11.9 Å². The fourth-order valence-electron chi connectivity index (χ4n) is 1.20. The van der Waals surface area contributed by atoms with Crippen molar-refractivity contribution < 1.29 is 9.90 Å². The first-order valence-corrected chi connectivity index (χ1v) is 4.09. The molecule has 1 aromatic rings. The lowest BCUT2D eigenvalue weighted by Gasteiger charge is -2.06. The minimum Gasteiger partial charge on any atom is -0.480 e. The molecule has 1 aromatic heterocycles. The minimum atomic E-state index is -1.12. The summed E-state index contributed by atoms with van der Waals surface area (Å²) in [5.41, 5.74) is 4.81. The smallest absolute Gasteiger partial charge is 0.330 e. The molecule has 8 heteroatoms. The van der Waals surface area contributed by atoms with Gasteiger partial charge in [-0.05, 0) is 0 Å². The lowest BCUT2D eigenvalue weighted by Crippen LogP contribution is -2.49. The van der Waals surface area contributed by atoms with E-state index < -0.39 is 17.6 Å². The number of rotatable bonds is 1. The van der Waals surface area contributed by atoms with Gasteiger partial charge >= 0.3 is 5.97 Å². The Morgan fingerprint density at radius 1 is 1.60 bits per heavy atom. The summed E-state index contributed by atoms with van der Waals surface area (Å²) in [6.07, 6.45) is 0. The fourth-order valence-corrected chi connectivity index (χ4v) is 1.20. The van der Waals surface area contributed by atoms with E-state index in [1.165, 1.54) is 0 Å². The van der Waals surface area contributed by atoms with Crippen molar-refractivity contribution in [2.75, 3.05) is 12.3 Å². The van der Waals surface area contributed by atoms with E-state index in [9.17, 15) is 9.59 Å². The van der Waals surface area contributed by atoms with E-state index in [-0.39, 0.29) is 23.3 Å². The van der Waals surface area contributed by atoms with Gasteiger partial charge in [0.2, 0.25) is 5.95 Å². The zero-order valence-corrected chi connectivity index (χ0v) is 7.47. The molecule has 1 aliphatic heterocycles. The predicted octanol–water partition coefficient (Wildman–Crippen LogP) is -2.94. The Morgan fingerprint density at radius 2 is 2.33 bits per heavy atom. The molecule has 1 aliphatic rings. The van der Waals surface area contributed by atoms with Gasteiger partial charge in [0.25, 0.3) is 5.56 Å². The number of anilines is 1. The van der Waals surface area contributed by atoms with E-state index in [1.54, 1.807) is 0 Å². The van der Waals surface area contributed by atoms with E-state index >= 15 is 0 Å². The van der Waals surface area contributed by atoms with Crippen LogP contribution in [0.3, 0.4) is 0 Å². The number of aromatic nitrogens is 2. The maximum absolute atomic E-state index is 11.3. The van der Waals surface area contributed by atoms with Crippen LogP contribution in [0.15, 0.2) is 14.8 Å². The number of carboxylic acids is 1. The molecule has 0 radical (unpaired) electrons. The fraction of sp³-hybridized carbons (Fsp3) is 0.286. The first-order chi connectivity index (χ1) is 7.08. The summed E-state index contributed by atoms with van der Waals surface area (Å²) in [5, 5.41) is 8.62. The molecule has 1 atom stereocenters. The van der Waals surface area contributed by atoms with Crippen LogP contribution in [0.4, 0.5) is 5.95 Å². The summed E-state index contributed by atoms with van der Waals surface area (Å²) in [4.78, 5) is 35.5. The number of aromatic amines is 1. The van der Waals surface area contributed by atoms with Gasteiger partial charge in [-0.25, -0.2) is 4.79 Å². The number of hydrogen-bond acceptors (Lipinski definition) is 6. The number of hydrogen-bond donors (Lipinski definition) is 3. The Morgan fingerprint density at radius 3 is 3.00 bits per heavy atom. The Balaban J connectivity index is 2.72. The molecule has 0 spiro atoms. The standard InChI is InChI=1S/C7H7N5O3/c8-7-11-4-3(5(13)12-7)10-2(1-9-4)6(14)15/h2H,1H2,(H,14,15)(H3,8,9,11,12,13)/t2-/m1/s1. The van der Waals surface area contributed by atoms with Gasteiger partial charge in [-0.15, -0.1) is 0 Å². The molecule has 0 bridgehead atoms. The zero-order valence-electron chi connectivity index (χ0n) is 7.47. The summed E-state index contributed by atoms with van der Waals surface area (Å²) < 4.78 is 0. The molecule has 2 heterocycles. The molecule has 0 aromatic carbocycles. The number of carbonyl (C=O) groups is 1. The molecule has 0 unspecified atom stereocenters. The van der Waals surface area contributed by atoms with Crippen molar-refractivity contribution in [1.82, 2.24) is 9.97 Å². The van der Waals surface area contributed by atoms with Gasteiger partial charge in [-0.3, -0.25) is 19.8 Å². The van der Waals surface area contributed by atoms with E-state index in [4.69, 9.17) is 10.8 Å². The highest BCUT2D eigenvalue weighted by Crippen LogP contribution is 1.92. The summed E-state index contributed by atoms with van der Waals surface area (Å²) >= 11 is 0. The number of nitrogen functional groups attached to an aromatic ring is 1. The van der Waals surface area contributed by atoms with Crippen molar-refractivity contribution in [2.45, 2.75) is 6.04 Å². The lowest BCUT2D eigenvalue weighted by molar-refractivity contribution is -0.138. The number of fused-ring (bicyclic) bond motifs is 1. The molecule has 15 heavy (non-hydrogen) atoms. The lowest BCUT2D eigenvalue weighted by atomic mass is 10.3. The molecule has 0 amide bonds. The third kappa shape index (κ3) is 1.56. The van der Waals surface area contributed by atoms with Crippen LogP contribution in [-0.2, 0) is 4.79 Å².